The average Bonchev–Trinajstić information content (AvgIpc) is 1.67. The quantitative estimate of drug-likeness (QED) is 0.0111. The summed E-state index contributed by atoms with van der Waals surface area (Å²) in [4.78, 5) is 216. The molecule has 2 heterocycles. The SMILES string of the molecule is C[C@H](NC[C@H](C)NC(=O)[C@H](C[Se][Se]C[C@@H](C(=O)N[C@@H](C)CN[C@@H](C)C(=O)N[C@@H](Cc1c[nH]c2ccccc12)C(=O)NCC(=O)O)C(=O)[C@H](C)NC(=O)[C@H](CCC(N)=O)NC(=O)CN)C(=O)[C@H](C)NC(=O)[C@H](CCC(N)=O)NC(=O)CN)C(=O)N[C@@H](Cc1c[nH]c2ccccc12)C(=O)NCC(=O)O. The molecule has 2 aromatic heterocycles. The summed E-state index contributed by atoms with van der Waals surface area (Å²) in [5.74, 6) is -17.1. The number of hydrogen-bond acceptors (Lipinski definition) is 20. The van der Waals surface area contributed by atoms with Gasteiger partial charge in [-0.25, -0.2) is 0 Å². The second-order valence-electron chi connectivity index (χ2n) is 24.1. The van der Waals surface area contributed by atoms with Crippen LogP contribution < -0.4 is 86.7 Å². The van der Waals surface area contributed by atoms with Crippen molar-refractivity contribution in [1.82, 2.24) is 73.8 Å². The fourth-order valence-electron chi connectivity index (χ4n) is 10.1. The number of rotatable bonds is 47. The van der Waals surface area contributed by atoms with Crippen LogP contribution in [0.25, 0.3) is 21.8 Å². The molecule has 102 heavy (non-hydrogen) atoms. The number of nitrogens with two attached hydrogens (primary N) is 4. The number of aliphatic carboxylic acids is 2. The molecule has 36 nitrogen and oxygen atoms in total. The minimum absolute atomic E-state index is 0.0318. The number of fused-ring (bicyclic) bond motifs is 2. The Morgan fingerprint density at radius 2 is 0.784 bits per heavy atom. The van der Waals surface area contributed by atoms with Gasteiger partial charge in [-0.05, 0) is 23.3 Å². The van der Waals surface area contributed by atoms with Crippen molar-refractivity contribution in [2.24, 2.45) is 34.8 Å². The molecule has 4 aromatic rings. The van der Waals surface area contributed by atoms with Crippen molar-refractivity contribution in [3.05, 3.63) is 72.1 Å². The van der Waals surface area contributed by atoms with E-state index in [-0.39, 0.29) is 62.3 Å². The molecule has 558 valence electrons. The molecule has 0 unspecified atom stereocenters. The monoisotopic (exact) mass is 1560 g/mol. The van der Waals surface area contributed by atoms with E-state index >= 15 is 0 Å². The van der Waals surface area contributed by atoms with Crippen molar-refractivity contribution in [3.63, 3.8) is 0 Å². The van der Waals surface area contributed by atoms with Gasteiger partial charge in [0.2, 0.25) is 0 Å². The average molecular weight is 1560 g/mol. The zero-order chi connectivity index (χ0) is 75.9. The Balaban J connectivity index is 1.58. The number of ketones is 2. The van der Waals surface area contributed by atoms with Crippen molar-refractivity contribution in [2.45, 2.75) is 151 Å². The van der Waals surface area contributed by atoms with E-state index in [1.165, 1.54) is 27.7 Å². The summed E-state index contributed by atoms with van der Waals surface area (Å²) in [5, 5.41) is 50.7. The first-order chi connectivity index (χ1) is 48.2. The van der Waals surface area contributed by atoms with Gasteiger partial charge in [0, 0.05) is 34.2 Å². The molecule has 0 bridgehead atoms. The first-order valence-corrected chi connectivity index (χ1v) is 39.2. The van der Waals surface area contributed by atoms with E-state index in [4.69, 9.17) is 22.9 Å². The van der Waals surface area contributed by atoms with E-state index in [2.05, 4.69) is 73.8 Å². The Labute approximate surface area is 597 Å². The minimum atomic E-state index is -1.56. The van der Waals surface area contributed by atoms with Gasteiger partial charge in [0.15, 0.2) is 0 Å². The molecular weight excluding hydrogens is 1470 g/mol. The molecule has 24 N–H and O–H groups in total. The molecule has 12 atom stereocenters. The number of carboxylic acid groups (broad SMARTS) is 2. The number of primary amides is 2. The number of hydrogen-bond donors (Lipinski definition) is 20. The van der Waals surface area contributed by atoms with Crippen LogP contribution in [0.4, 0.5) is 0 Å². The fourth-order valence-corrected chi connectivity index (χ4v) is 17.5. The zero-order valence-electron chi connectivity index (χ0n) is 57.2. The number of aromatic nitrogens is 2. The Morgan fingerprint density at radius 3 is 1.12 bits per heavy atom. The Bertz CT molecular complexity index is 3430. The summed E-state index contributed by atoms with van der Waals surface area (Å²) in [7, 11) is 0. The van der Waals surface area contributed by atoms with E-state index in [9.17, 15) is 86.9 Å². The fraction of sp³-hybridized carbons (Fsp3) is 0.500. The normalized spacial score (nSPS) is 14.7. The predicted octanol–water partition coefficient (Wildman–Crippen LogP) is -6.27. The summed E-state index contributed by atoms with van der Waals surface area (Å²) in [6, 6.07) is 2.45. The smallest absolute Gasteiger partial charge is 0.480 e. The van der Waals surface area contributed by atoms with Gasteiger partial charge in [-0.2, -0.15) is 0 Å². The Morgan fingerprint density at radius 1 is 0.431 bits per heavy atom. The van der Waals surface area contributed by atoms with Crippen LogP contribution in [0.2, 0.25) is 10.6 Å². The first-order valence-electron chi connectivity index (χ1n) is 32.5. The molecule has 4 rings (SSSR count). The molecule has 0 fully saturated rings. The number of benzene rings is 2. The molecule has 0 aliphatic heterocycles. The third-order valence-corrected chi connectivity index (χ3v) is 22.9. The van der Waals surface area contributed by atoms with Gasteiger partial charge in [-0.1, -0.05) is 36.4 Å². The van der Waals surface area contributed by atoms with E-state index in [0.29, 0.717) is 11.1 Å². The number of carbonyl (C=O) groups is 16. The van der Waals surface area contributed by atoms with Crippen LogP contribution in [-0.4, -0.2) is 241 Å². The zero-order valence-corrected chi connectivity index (χ0v) is 60.6. The van der Waals surface area contributed by atoms with Crippen LogP contribution in [0, 0.1) is 11.8 Å². The second kappa shape index (κ2) is 42.5. The van der Waals surface area contributed by atoms with Gasteiger partial charge in [0.05, 0.1) is 0 Å². The molecule has 38 heteroatoms. The summed E-state index contributed by atoms with van der Waals surface area (Å²) in [6.45, 7) is 5.81. The summed E-state index contributed by atoms with van der Waals surface area (Å²) < 4.78 is 0. The topological polar surface area (TPSA) is 594 Å². The summed E-state index contributed by atoms with van der Waals surface area (Å²) in [6.07, 6.45) is 1.97. The van der Waals surface area contributed by atoms with Crippen molar-refractivity contribution >= 4 is 142 Å². The number of aromatic amines is 2. The third-order valence-electron chi connectivity index (χ3n) is 15.8. The molecule has 0 radical (unpaired) electrons. The molecule has 0 aliphatic carbocycles. The second-order valence-corrected chi connectivity index (χ2v) is 31.7. The number of para-hydroxylation sites is 2. The van der Waals surface area contributed by atoms with E-state index < -0.39 is 219 Å². The summed E-state index contributed by atoms with van der Waals surface area (Å²) in [5.41, 5.74) is 24.4. The molecule has 0 saturated carbocycles. The maximum atomic E-state index is 14.6. The summed E-state index contributed by atoms with van der Waals surface area (Å²) >= 11 is -1.54. The van der Waals surface area contributed by atoms with E-state index in [1.807, 2.05) is 24.3 Å². The Hall–Kier alpha value is -9.68. The third kappa shape index (κ3) is 28.4. The van der Waals surface area contributed by atoms with Gasteiger partial charge in [0.1, 0.15) is 13.1 Å². The standard InChI is InChI=1S/C64H92N18O18Se2/c1-31(23-69-35(5)57(93)81-47(61(97)73-27-53(87)88)19-37-25-71-43-13-9-7-11-39(37)43)75-59(95)41(55(91)33(3)77-63(99)45(15-17-49(67)83)79-51(85)21-65)29-101-102-30-42(56(92)34(4)78-64(100)46(16-18-50(68)84)80-52(86)22-66)60(96)76-32(2)24-70-36(6)58(94)82-48(62(98)74-28-54(89)90)20-38-26-72-44-14-10-8-12-40(38)44/h7-14,25-26,31-36,41-42,45-48,69-72H,15-24,27-30,65-66H2,1-6H3,(H2,67,83)(H2,68,84)(H,73,97)(H,74,98)(H,75,95)(H,76,96)(H,77,99)(H,78,100)(H,79,85)(H,80,86)(H,81,93)(H,82,94)(H,87,88)(H,89,90)/t31-,32-,33-,34-,35-,36-,41+,42+,45-,46-,47-,48-/m0/s1. The van der Waals surface area contributed by atoms with Gasteiger partial charge in [-0.15, -0.1) is 0 Å². The number of carboxylic acids is 2. The molecule has 0 aliphatic rings. The predicted molar refractivity (Wildman–Crippen MR) is 371 cm³/mol. The number of carbonyl (C=O) groups excluding carboxylic acids is 14. The van der Waals surface area contributed by atoms with E-state index in [1.54, 1.807) is 50.5 Å². The van der Waals surface area contributed by atoms with Gasteiger partial charge in [-0.3, -0.25) is 19.2 Å². The maximum absolute atomic E-state index is 14.6. The van der Waals surface area contributed by atoms with Crippen LogP contribution >= 0.6 is 0 Å². The number of H-pyrrole nitrogens is 2. The van der Waals surface area contributed by atoms with Crippen molar-refractivity contribution in [2.75, 3.05) is 39.3 Å². The van der Waals surface area contributed by atoms with Crippen LogP contribution in [0.15, 0.2) is 60.9 Å². The van der Waals surface area contributed by atoms with Crippen molar-refractivity contribution in [1.29, 1.82) is 0 Å². The van der Waals surface area contributed by atoms with Crippen LogP contribution in [0.3, 0.4) is 0 Å². The number of nitrogens with one attached hydrogen (secondary N) is 14. The molecule has 2 aromatic carbocycles. The number of Topliss-reactive ketones (excluding diaryl/α,β-unsaturated/α-hetero) is 2. The molecule has 0 saturated heterocycles. The minimum Gasteiger partial charge on any atom is -0.480 e. The van der Waals surface area contributed by atoms with Crippen LogP contribution in [0.5, 0.6) is 0 Å². The Kier molecular flexibility index (Phi) is 35.3. The molecule has 12 amide bonds. The molecule has 0 spiro atoms. The van der Waals surface area contributed by atoms with Gasteiger partial charge < -0.3 is 30.8 Å². The van der Waals surface area contributed by atoms with Crippen molar-refractivity contribution < 1.29 is 86.9 Å². The molecular formula is C64H92N18O18Se2. The van der Waals surface area contributed by atoms with Crippen LogP contribution in [0.1, 0.15) is 78.4 Å². The van der Waals surface area contributed by atoms with E-state index in [0.717, 1.165) is 21.8 Å². The van der Waals surface area contributed by atoms with Gasteiger partial charge in [0.25, 0.3) is 0 Å². The van der Waals surface area contributed by atoms with Crippen LogP contribution in [-0.2, 0) is 89.6 Å². The van der Waals surface area contributed by atoms with Gasteiger partial charge >= 0.3 is 443 Å². The van der Waals surface area contributed by atoms with Crippen molar-refractivity contribution in [3.8, 4) is 0 Å². The number of amides is 12. The first kappa shape index (κ1) is 84.7.